The number of rotatable bonds is 6. The summed E-state index contributed by atoms with van der Waals surface area (Å²) in [6.07, 6.45) is 2.30. The van der Waals surface area contributed by atoms with Crippen molar-refractivity contribution in [3.8, 4) is 5.75 Å². The first-order chi connectivity index (χ1) is 15.2. The standard InChI is InChI=1S/C25H35N5O.HI/c1-19-8-10-22(11-9-19)29-15-13-21(18-29)28-25(26-2)27-16-20-12-14-30(17-20)23-6-4-5-7-24(23)31-3;/h4-11,20-21H,12-18H2,1-3H3,(H2,26,27,28);1H. The maximum absolute atomic E-state index is 5.54. The lowest BCUT2D eigenvalue weighted by Gasteiger charge is -2.22. The first kappa shape index (κ1) is 24.5. The lowest BCUT2D eigenvalue weighted by molar-refractivity contribution is 0.414. The number of nitrogens with zero attached hydrogens (tertiary/aromatic N) is 3. The average molecular weight is 550 g/mol. The van der Waals surface area contributed by atoms with Crippen LogP contribution in [0.1, 0.15) is 18.4 Å². The van der Waals surface area contributed by atoms with E-state index < -0.39 is 0 Å². The predicted octanol–water partition coefficient (Wildman–Crippen LogP) is 3.89. The Morgan fingerprint density at radius 3 is 2.53 bits per heavy atom. The van der Waals surface area contributed by atoms with Gasteiger partial charge in [0.25, 0.3) is 0 Å². The van der Waals surface area contributed by atoms with Crippen LogP contribution in [0.3, 0.4) is 0 Å². The molecule has 4 rings (SSSR count). The molecule has 2 unspecified atom stereocenters. The summed E-state index contributed by atoms with van der Waals surface area (Å²) in [4.78, 5) is 9.35. The minimum atomic E-state index is 0. The molecule has 2 saturated heterocycles. The Morgan fingerprint density at radius 1 is 1.03 bits per heavy atom. The summed E-state index contributed by atoms with van der Waals surface area (Å²) < 4.78 is 5.54. The molecule has 0 aromatic heterocycles. The van der Waals surface area contributed by atoms with Gasteiger partial charge in [-0.2, -0.15) is 0 Å². The second-order valence-electron chi connectivity index (χ2n) is 8.64. The van der Waals surface area contributed by atoms with E-state index in [9.17, 15) is 0 Å². The molecule has 174 valence electrons. The van der Waals surface area contributed by atoms with E-state index in [1.165, 1.54) is 23.4 Å². The number of methoxy groups -OCH3 is 1. The van der Waals surface area contributed by atoms with Gasteiger partial charge in [-0.1, -0.05) is 29.8 Å². The average Bonchev–Trinajstić information content (AvgIpc) is 3.47. The number of guanidine groups is 1. The van der Waals surface area contributed by atoms with E-state index in [0.717, 1.165) is 50.9 Å². The van der Waals surface area contributed by atoms with Crippen LogP contribution < -0.4 is 25.2 Å². The number of halogens is 1. The fourth-order valence-electron chi connectivity index (χ4n) is 4.61. The number of aliphatic imine (C=N–C) groups is 1. The molecule has 2 aliphatic rings. The third-order valence-corrected chi connectivity index (χ3v) is 6.42. The predicted molar refractivity (Wildman–Crippen MR) is 145 cm³/mol. The Hall–Kier alpha value is -2.16. The van der Waals surface area contributed by atoms with Crippen LogP contribution in [-0.4, -0.2) is 58.9 Å². The van der Waals surface area contributed by atoms with Crippen molar-refractivity contribution in [1.82, 2.24) is 10.6 Å². The van der Waals surface area contributed by atoms with E-state index in [1.807, 2.05) is 19.2 Å². The SMILES string of the molecule is CN=C(NCC1CCN(c2ccccc2OC)C1)NC1CCN(c2ccc(C)cc2)C1.I. The molecule has 2 heterocycles. The Balaban J connectivity index is 0.00000289. The fourth-order valence-corrected chi connectivity index (χ4v) is 4.61. The van der Waals surface area contributed by atoms with Crippen molar-refractivity contribution in [2.45, 2.75) is 25.8 Å². The third kappa shape index (κ3) is 5.99. The fraction of sp³-hybridized carbons (Fsp3) is 0.480. The molecule has 2 N–H and O–H groups in total. The van der Waals surface area contributed by atoms with E-state index in [2.05, 4.69) is 68.7 Å². The van der Waals surface area contributed by atoms with Crippen LogP contribution in [0.25, 0.3) is 0 Å². The molecule has 0 radical (unpaired) electrons. The van der Waals surface area contributed by atoms with Gasteiger partial charge in [-0.05, 0) is 49.9 Å². The number of hydrogen-bond donors (Lipinski definition) is 2. The quantitative estimate of drug-likeness (QED) is 0.326. The van der Waals surface area contributed by atoms with Gasteiger partial charge in [0.1, 0.15) is 5.75 Å². The van der Waals surface area contributed by atoms with Crippen LogP contribution in [0, 0.1) is 12.8 Å². The van der Waals surface area contributed by atoms with Gasteiger partial charge in [-0.15, -0.1) is 24.0 Å². The lowest BCUT2D eigenvalue weighted by Crippen LogP contribution is -2.46. The van der Waals surface area contributed by atoms with E-state index in [0.29, 0.717) is 12.0 Å². The van der Waals surface area contributed by atoms with Crippen molar-refractivity contribution in [2.75, 3.05) is 56.7 Å². The van der Waals surface area contributed by atoms with Gasteiger partial charge in [-0.3, -0.25) is 4.99 Å². The second kappa shape index (κ2) is 11.6. The summed E-state index contributed by atoms with van der Waals surface area (Å²) in [5.41, 5.74) is 3.80. The summed E-state index contributed by atoms with van der Waals surface area (Å²) in [7, 11) is 3.60. The normalized spacial score (nSPS) is 20.8. The topological polar surface area (TPSA) is 52.1 Å². The van der Waals surface area contributed by atoms with E-state index in [-0.39, 0.29) is 24.0 Å². The maximum Gasteiger partial charge on any atom is 0.191 e. The van der Waals surface area contributed by atoms with Gasteiger partial charge in [0.15, 0.2) is 5.96 Å². The van der Waals surface area contributed by atoms with Crippen molar-refractivity contribution in [2.24, 2.45) is 10.9 Å². The van der Waals surface area contributed by atoms with Gasteiger partial charge in [0, 0.05) is 51.5 Å². The van der Waals surface area contributed by atoms with Gasteiger partial charge in [0.05, 0.1) is 12.8 Å². The Kier molecular flexibility index (Phi) is 8.90. The summed E-state index contributed by atoms with van der Waals surface area (Å²) >= 11 is 0. The Bertz CT molecular complexity index is 888. The molecule has 0 spiro atoms. The van der Waals surface area contributed by atoms with Crippen molar-refractivity contribution >= 4 is 41.3 Å². The molecular formula is C25H36IN5O. The number of aryl methyl sites for hydroxylation is 1. The molecule has 6 nitrogen and oxygen atoms in total. The van der Waals surface area contributed by atoms with Gasteiger partial charge in [-0.25, -0.2) is 0 Å². The van der Waals surface area contributed by atoms with E-state index >= 15 is 0 Å². The highest BCUT2D eigenvalue weighted by molar-refractivity contribution is 14.0. The lowest BCUT2D eigenvalue weighted by atomic mass is 10.1. The summed E-state index contributed by atoms with van der Waals surface area (Å²) in [5.74, 6) is 2.45. The third-order valence-electron chi connectivity index (χ3n) is 6.42. The van der Waals surface area contributed by atoms with Crippen LogP contribution >= 0.6 is 24.0 Å². The number of nitrogens with one attached hydrogen (secondary N) is 2. The van der Waals surface area contributed by atoms with E-state index in [4.69, 9.17) is 4.74 Å². The number of benzene rings is 2. The van der Waals surface area contributed by atoms with E-state index in [1.54, 1.807) is 7.11 Å². The molecule has 0 aliphatic carbocycles. The molecule has 0 bridgehead atoms. The summed E-state index contributed by atoms with van der Waals surface area (Å²) in [6, 6.07) is 17.5. The molecular weight excluding hydrogens is 513 g/mol. The highest BCUT2D eigenvalue weighted by Gasteiger charge is 2.26. The van der Waals surface area contributed by atoms with Crippen LogP contribution in [-0.2, 0) is 0 Å². The molecule has 0 amide bonds. The van der Waals surface area contributed by atoms with Crippen LogP contribution in [0.15, 0.2) is 53.5 Å². The molecule has 32 heavy (non-hydrogen) atoms. The molecule has 7 heteroatoms. The first-order valence-electron chi connectivity index (χ1n) is 11.3. The highest BCUT2D eigenvalue weighted by atomic mass is 127. The molecule has 0 saturated carbocycles. The zero-order valence-electron chi connectivity index (χ0n) is 19.4. The highest BCUT2D eigenvalue weighted by Crippen LogP contribution is 2.31. The number of ether oxygens (including phenoxy) is 1. The second-order valence-corrected chi connectivity index (χ2v) is 8.64. The number of anilines is 2. The zero-order valence-corrected chi connectivity index (χ0v) is 21.7. The molecule has 2 aliphatic heterocycles. The molecule has 2 aromatic rings. The monoisotopic (exact) mass is 549 g/mol. The molecule has 2 aromatic carbocycles. The van der Waals surface area contributed by atoms with Gasteiger partial charge in [0.2, 0.25) is 0 Å². The first-order valence-corrected chi connectivity index (χ1v) is 11.3. The van der Waals surface area contributed by atoms with Crippen molar-refractivity contribution < 1.29 is 4.74 Å². The molecule has 2 atom stereocenters. The molecule has 2 fully saturated rings. The smallest absolute Gasteiger partial charge is 0.191 e. The van der Waals surface area contributed by atoms with Gasteiger partial charge < -0.3 is 25.2 Å². The van der Waals surface area contributed by atoms with Crippen molar-refractivity contribution in [3.05, 3.63) is 54.1 Å². The Labute approximate surface area is 209 Å². The van der Waals surface area contributed by atoms with Crippen molar-refractivity contribution in [1.29, 1.82) is 0 Å². The maximum atomic E-state index is 5.54. The number of hydrogen-bond acceptors (Lipinski definition) is 4. The van der Waals surface area contributed by atoms with Crippen LogP contribution in [0.4, 0.5) is 11.4 Å². The number of para-hydroxylation sites is 2. The largest absolute Gasteiger partial charge is 0.495 e. The van der Waals surface area contributed by atoms with Crippen molar-refractivity contribution in [3.63, 3.8) is 0 Å². The van der Waals surface area contributed by atoms with Crippen LogP contribution in [0.2, 0.25) is 0 Å². The summed E-state index contributed by atoms with van der Waals surface area (Å²) in [6.45, 7) is 7.25. The minimum absolute atomic E-state index is 0. The zero-order chi connectivity index (χ0) is 21.6. The van der Waals surface area contributed by atoms with Crippen LogP contribution in [0.5, 0.6) is 5.75 Å². The minimum Gasteiger partial charge on any atom is -0.495 e. The summed E-state index contributed by atoms with van der Waals surface area (Å²) in [5, 5.41) is 7.19. The Morgan fingerprint density at radius 2 is 1.78 bits per heavy atom. The van der Waals surface area contributed by atoms with Gasteiger partial charge >= 0.3 is 0 Å².